The number of nitrogens with zero attached hydrogens (tertiary/aromatic N) is 1. The summed E-state index contributed by atoms with van der Waals surface area (Å²) in [5.74, 6) is 0. The maximum atomic E-state index is 12.7. The van der Waals surface area contributed by atoms with E-state index < -0.39 is 11.7 Å². The summed E-state index contributed by atoms with van der Waals surface area (Å²) in [6.07, 6.45) is -2.66. The lowest BCUT2D eigenvalue weighted by Crippen LogP contribution is -2.04. The minimum absolute atomic E-state index is 0.487. The van der Waals surface area contributed by atoms with Gasteiger partial charge in [0.05, 0.1) is 11.1 Å². The van der Waals surface area contributed by atoms with Crippen LogP contribution < -0.4 is 0 Å². The highest BCUT2D eigenvalue weighted by atomic mass is 19.4. The molecular formula is C16H10F3N. The van der Waals surface area contributed by atoms with Crippen LogP contribution >= 0.6 is 0 Å². The number of hydrogen-bond donors (Lipinski definition) is 0. The van der Waals surface area contributed by atoms with Crippen molar-refractivity contribution in [3.8, 4) is 11.1 Å². The second-order valence-corrected chi connectivity index (χ2v) is 4.50. The van der Waals surface area contributed by atoms with E-state index in [4.69, 9.17) is 0 Å². The molecule has 3 aromatic rings. The van der Waals surface area contributed by atoms with Gasteiger partial charge in [-0.2, -0.15) is 13.2 Å². The van der Waals surface area contributed by atoms with E-state index in [1.54, 1.807) is 12.3 Å². The van der Waals surface area contributed by atoms with Gasteiger partial charge in [-0.15, -0.1) is 0 Å². The van der Waals surface area contributed by atoms with Crippen LogP contribution in [0.2, 0.25) is 0 Å². The zero-order valence-corrected chi connectivity index (χ0v) is 10.4. The summed E-state index contributed by atoms with van der Waals surface area (Å²) in [5.41, 5.74) is 1.63. The van der Waals surface area contributed by atoms with E-state index in [-0.39, 0.29) is 0 Å². The molecule has 0 saturated carbocycles. The highest BCUT2D eigenvalue weighted by molar-refractivity contribution is 5.84. The molecule has 1 heterocycles. The third kappa shape index (κ3) is 2.37. The van der Waals surface area contributed by atoms with Crippen LogP contribution in [0.4, 0.5) is 13.2 Å². The molecule has 3 rings (SSSR count). The number of rotatable bonds is 1. The Morgan fingerprint density at radius 3 is 2.25 bits per heavy atom. The van der Waals surface area contributed by atoms with Gasteiger partial charge >= 0.3 is 6.18 Å². The molecule has 0 saturated heterocycles. The van der Waals surface area contributed by atoms with Crippen molar-refractivity contribution in [2.75, 3.05) is 0 Å². The Bertz CT molecular complexity index is 749. The van der Waals surface area contributed by atoms with Crippen molar-refractivity contribution in [2.45, 2.75) is 6.18 Å². The molecule has 0 unspecified atom stereocenters. The van der Waals surface area contributed by atoms with Gasteiger partial charge in [0.2, 0.25) is 0 Å². The molecule has 0 aliphatic heterocycles. The molecule has 0 radical (unpaired) electrons. The lowest BCUT2D eigenvalue weighted by Gasteiger charge is -2.08. The Morgan fingerprint density at radius 2 is 1.55 bits per heavy atom. The van der Waals surface area contributed by atoms with Gasteiger partial charge in [0.1, 0.15) is 0 Å². The molecule has 0 aliphatic rings. The van der Waals surface area contributed by atoms with E-state index in [1.807, 2.05) is 30.3 Å². The lowest BCUT2D eigenvalue weighted by atomic mass is 10.0. The molecule has 0 atom stereocenters. The molecule has 1 aromatic heterocycles. The first-order valence-electron chi connectivity index (χ1n) is 6.06. The summed E-state index contributed by atoms with van der Waals surface area (Å²) >= 11 is 0. The number of alkyl halides is 3. The van der Waals surface area contributed by atoms with Crippen molar-refractivity contribution < 1.29 is 13.2 Å². The van der Waals surface area contributed by atoms with Gasteiger partial charge in [0, 0.05) is 17.1 Å². The van der Waals surface area contributed by atoms with Crippen molar-refractivity contribution >= 4 is 10.9 Å². The number of hydrogen-bond acceptors (Lipinski definition) is 1. The Hall–Kier alpha value is -2.36. The predicted molar refractivity (Wildman–Crippen MR) is 72.2 cm³/mol. The minimum atomic E-state index is -4.34. The molecular weight excluding hydrogens is 263 g/mol. The zero-order chi connectivity index (χ0) is 14.2. The van der Waals surface area contributed by atoms with Crippen LogP contribution in [-0.2, 0) is 6.18 Å². The fourth-order valence-corrected chi connectivity index (χ4v) is 2.10. The summed E-state index contributed by atoms with van der Waals surface area (Å²) in [5, 5.41) is 0.487. The summed E-state index contributed by atoms with van der Waals surface area (Å²) < 4.78 is 38.2. The number of pyridine rings is 1. The maximum absolute atomic E-state index is 12.7. The summed E-state index contributed by atoms with van der Waals surface area (Å²) in [6, 6.07) is 14.8. The van der Waals surface area contributed by atoms with Crippen molar-refractivity contribution in [1.82, 2.24) is 4.98 Å². The average molecular weight is 273 g/mol. The second kappa shape index (κ2) is 4.63. The monoisotopic (exact) mass is 273 g/mol. The molecule has 20 heavy (non-hydrogen) atoms. The van der Waals surface area contributed by atoms with Crippen LogP contribution in [0.15, 0.2) is 60.8 Å². The topological polar surface area (TPSA) is 12.9 Å². The van der Waals surface area contributed by atoms with Crippen LogP contribution in [0.5, 0.6) is 0 Å². The summed E-state index contributed by atoms with van der Waals surface area (Å²) in [6.45, 7) is 0. The molecule has 0 amide bonds. The Balaban J connectivity index is 2.14. The largest absolute Gasteiger partial charge is 0.416 e. The first-order valence-corrected chi connectivity index (χ1v) is 6.06. The second-order valence-electron chi connectivity index (χ2n) is 4.50. The third-order valence-corrected chi connectivity index (χ3v) is 3.12. The molecule has 0 aliphatic carbocycles. The van der Waals surface area contributed by atoms with Gasteiger partial charge in [-0.3, -0.25) is 4.98 Å². The molecule has 4 heteroatoms. The van der Waals surface area contributed by atoms with E-state index in [1.165, 1.54) is 6.07 Å². The van der Waals surface area contributed by atoms with Gasteiger partial charge < -0.3 is 0 Å². The number of aromatic nitrogens is 1. The fourth-order valence-electron chi connectivity index (χ4n) is 2.10. The first kappa shape index (κ1) is 12.7. The molecule has 0 fully saturated rings. The summed E-state index contributed by atoms with van der Waals surface area (Å²) in [4.78, 5) is 4.21. The molecule has 0 N–H and O–H groups in total. The standard InChI is InChI=1S/C16H10F3N/c17-16(18,19)14-6-7-15-12(9-14)8-13(10-20-15)11-4-2-1-3-5-11/h1-10H. The van der Waals surface area contributed by atoms with Crippen LogP contribution in [0, 0.1) is 0 Å². The van der Waals surface area contributed by atoms with Crippen LogP contribution in [0.25, 0.3) is 22.0 Å². The molecule has 2 aromatic carbocycles. The maximum Gasteiger partial charge on any atom is 0.416 e. The smallest absolute Gasteiger partial charge is 0.256 e. The molecule has 100 valence electrons. The predicted octanol–water partition coefficient (Wildman–Crippen LogP) is 4.92. The van der Waals surface area contributed by atoms with E-state index >= 15 is 0 Å². The van der Waals surface area contributed by atoms with Gasteiger partial charge in [0.15, 0.2) is 0 Å². The fraction of sp³-hybridized carbons (Fsp3) is 0.0625. The van der Waals surface area contributed by atoms with Crippen LogP contribution in [-0.4, -0.2) is 4.98 Å². The van der Waals surface area contributed by atoms with Crippen molar-refractivity contribution in [1.29, 1.82) is 0 Å². The minimum Gasteiger partial charge on any atom is -0.256 e. The van der Waals surface area contributed by atoms with Gasteiger partial charge in [0.25, 0.3) is 0 Å². The third-order valence-electron chi connectivity index (χ3n) is 3.12. The number of benzene rings is 2. The normalized spacial score (nSPS) is 11.8. The first-order chi connectivity index (χ1) is 9.54. The quantitative estimate of drug-likeness (QED) is 0.613. The molecule has 1 nitrogen and oxygen atoms in total. The summed E-state index contributed by atoms with van der Waals surface area (Å²) in [7, 11) is 0. The SMILES string of the molecule is FC(F)(F)c1ccc2ncc(-c3ccccc3)cc2c1. The van der Waals surface area contributed by atoms with Crippen molar-refractivity contribution in [3.05, 3.63) is 66.4 Å². The van der Waals surface area contributed by atoms with Gasteiger partial charge in [-0.05, 0) is 29.8 Å². The van der Waals surface area contributed by atoms with Gasteiger partial charge in [-0.25, -0.2) is 0 Å². The van der Waals surface area contributed by atoms with E-state index in [0.29, 0.717) is 10.9 Å². The Kier molecular flexibility index (Phi) is 2.93. The molecule has 0 spiro atoms. The molecule has 0 bridgehead atoms. The van der Waals surface area contributed by atoms with Crippen LogP contribution in [0.1, 0.15) is 5.56 Å². The van der Waals surface area contributed by atoms with Crippen molar-refractivity contribution in [3.63, 3.8) is 0 Å². The number of halogens is 3. The highest BCUT2D eigenvalue weighted by Gasteiger charge is 2.30. The van der Waals surface area contributed by atoms with E-state index in [2.05, 4.69) is 4.98 Å². The number of fused-ring (bicyclic) bond motifs is 1. The highest BCUT2D eigenvalue weighted by Crippen LogP contribution is 2.32. The van der Waals surface area contributed by atoms with Crippen molar-refractivity contribution in [2.24, 2.45) is 0 Å². The van der Waals surface area contributed by atoms with E-state index in [0.717, 1.165) is 23.3 Å². The average Bonchev–Trinajstić information content (AvgIpc) is 2.46. The van der Waals surface area contributed by atoms with Gasteiger partial charge in [-0.1, -0.05) is 30.3 Å². The lowest BCUT2D eigenvalue weighted by molar-refractivity contribution is -0.137. The van der Waals surface area contributed by atoms with E-state index in [9.17, 15) is 13.2 Å². The zero-order valence-electron chi connectivity index (χ0n) is 10.4. The Labute approximate surface area is 113 Å². The Morgan fingerprint density at radius 1 is 0.800 bits per heavy atom. The van der Waals surface area contributed by atoms with Crippen LogP contribution in [0.3, 0.4) is 0 Å².